The van der Waals surface area contributed by atoms with Crippen LogP contribution < -0.4 is 14.5 Å². The first-order chi connectivity index (χ1) is 17.4. The number of nitrogens with zero attached hydrogens (tertiary/aromatic N) is 4. The molecule has 36 heavy (non-hydrogen) atoms. The van der Waals surface area contributed by atoms with Crippen molar-refractivity contribution in [2.75, 3.05) is 29.5 Å². The lowest BCUT2D eigenvalue weighted by Gasteiger charge is -2.29. The number of piperidine rings is 1. The number of halogens is 1. The molecule has 1 aromatic heterocycles. The Morgan fingerprint density at radius 3 is 2.33 bits per heavy atom. The molecule has 3 heterocycles. The minimum Gasteiger partial charge on any atom is -0.491 e. The Balaban J connectivity index is 1.50. The second-order valence-electron chi connectivity index (χ2n) is 8.67. The number of aromatic nitrogens is 2. The van der Waals surface area contributed by atoms with E-state index in [0.717, 1.165) is 18.5 Å². The molecule has 3 aromatic rings. The van der Waals surface area contributed by atoms with Crippen LogP contribution in [0.3, 0.4) is 0 Å². The molecule has 0 saturated carbocycles. The van der Waals surface area contributed by atoms with Crippen molar-refractivity contribution >= 4 is 29.2 Å². The number of benzene rings is 2. The van der Waals surface area contributed by atoms with E-state index in [1.807, 2.05) is 12.1 Å². The molecule has 1 saturated heterocycles. The summed E-state index contributed by atoms with van der Waals surface area (Å²) in [5.74, 6) is -2.19. The van der Waals surface area contributed by atoms with Crippen LogP contribution in [0.2, 0.25) is 0 Å². The van der Waals surface area contributed by atoms with Gasteiger partial charge in [-0.2, -0.15) is 5.10 Å². The van der Waals surface area contributed by atoms with Crippen molar-refractivity contribution in [1.29, 1.82) is 0 Å². The maximum atomic E-state index is 14.6. The van der Waals surface area contributed by atoms with Crippen LogP contribution >= 0.6 is 0 Å². The van der Waals surface area contributed by atoms with Gasteiger partial charge in [-0.25, -0.2) is 13.9 Å². The summed E-state index contributed by atoms with van der Waals surface area (Å²) in [6, 6.07) is 11.3. The van der Waals surface area contributed by atoms with Crippen molar-refractivity contribution in [2.45, 2.75) is 32.6 Å². The highest BCUT2D eigenvalue weighted by Gasteiger charge is 2.35. The topological polar surface area (TPSA) is 105 Å². The minimum absolute atomic E-state index is 0.0564. The smallest absolute Gasteiger partial charge is 0.356 e. The van der Waals surface area contributed by atoms with Crippen molar-refractivity contribution in [2.24, 2.45) is 0 Å². The lowest BCUT2D eigenvalue weighted by molar-refractivity contribution is -0.119. The van der Waals surface area contributed by atoms with Crippen LogP contribution in [-0.4, -0.2) is 52.4 Å². The number of aromatic carboxylic acids is 1. The molecule has 5 rings (SSSR count). The molecule has 0 unspecified atom stereocenters. The molecular formula is C26H25FN4O5. The molecule has 0 aliphatic carbocycles. The van der Waals surface area contributed by atoms with Crippen LogP contribution in [0, 0.1) is 5.82 Å². The summed E-state index contributed by atoms with van der Waals surface area (Å²) >= 11 is 0. The normalized spacial score (nSPS) is 15.7. The molecule has 2 aliphatic rings. The van der Waals surface area contributed by atoms with E-state index in [0.29, 0.717) is 24.2 Å². The molecule has 9 nitrogen and oxygen atoms in total. The molecule has 2 aromatic carbocycles. The SMILES string of the molecule is CCOc1ccc(-n2nc(C(=O)O)c3c2C(=O)N(c2ccc(N4CCCCC4=O)cc2)CC3)cc1F. The van der Waals surface area contributed by atoms with Gasteiger partial charge in [-0.3, -0.25) is 9.59 Å². The third-order valence-corrected chi connectivity index (χ3v) is 6.48. The standard InChI is InChI=1S/C26H25FN4O5/c1-2-36-21-11-10-18(15-20(21)27)31-24-19(23(28-31)26(34)35)12-14-30(25(24)33)17-8-6-16(7-9-17)29-13-4-3-5-22(29)32/h6-11,15H,2-5,12-14H2,1H3,(H,34,35). The minimum atomic E-state index is -1.26. The van der Waals surface area contributed by atoms with E-state index in [4.69, 9.17) is 4.74 Å². The second kappa shape index (κ2) is 9.44. The highest BCUT2D eigenvalue weighted by atomic mass is 19.1. The van der Waals surface area contributed by atoms with Crippen LogP contribution in [0.4, 0.5) is 15.8 Å². The maximum absolute atomic E-state index is 14.6. The van der Waals surface area contributed by atoms with E-state index < -0.39 is 17.7 Å². The number of carbonyl (C=O) groups excluding carboxylic acids is 2. The van der Waals surface area contributed by atoms with E-state index in [2.05, 4.69) is 5.10 Å². The van der Waals surface area contributed by atoms with Crippen LogP contribution in [0.15, 0.2) is 42.5 Å². The van der Waals surface area contributed by atoms with Gasteiger partial charge < -0.3 is 19.6 Å². The van der Waals surface area contributed by atoms with Gasteiger partial charge in [-0.15, -0.1) is 0 Å². The first-order valence-corrected chi connectivity index (χ1v) is 11.9. The van der Waals surface area contributed by atoms with Gasteiger partial charge in [-0.05, 0) is 62.6 Å². The van der Waals surface area contributed by atoms with E-state index in [9.17, 15) is 23.9 Å². The van der Waals surface area contributed by atoms with E-state index in [1.54, 1.807) is 28.9 Å². The van der Waals surface area contributed by atoms with Gasteiger partial charge in [0, 0.05) is 42.5 Å². The molecule has 0 spiro atoms. The van der Waals surface area contributed by atoms with E-state index in [1.165, 1.54) is 22.9 Å². The lowest BCUT2D eigenvalue weighted by Crippen LogP contribution is -2.39. The highest BCUT2D eigenvalue weighted by molar-refractivity contribution is 6.09. The quantitative estimate of drug-likeness (QED) is 0.561. The number of carboxylic acids is 1. The van der Waals surface area contributed by atoms with Gasteiger partial charge in [0.05, 0.1) is 12.3 Å². The fourth-order valence-electron chi connectivity index (χ4n) is 4.75. The van der Waals surface area contributed by atoms with Gasteiger partial charge in [0.25, 0.3) is 5.91 Å². The number of hydrogen-bond donors (Lipinski definition) is 1. The predicted molar refractivity (Wildman–Crippen MR) is 130 cm³/mol. The summed E-state index contributed by atoms with van der Waals surface area (Å²) in [5.41, 5.74) is 1.77. The summed E-state index contributed by atoms with van der Waals surface area (Å²) in [7, 11) is 0. The molecule has 1 fully saturated rings. The van der Waals surface area contributed by atoms with Crippen molar-refractivity contribution in [3.63, 3.8) is 0 Å². The molecular weight excluding hydrogens is 467 g/mol. The molecule has 1 N–H and O–H groups in total. The van der Waals surface area contributed by atoms with E-state index in [-0.39, 0.29) is 48.3 Å². The van der Waals surface area contributed by atoms with Crippen LogP contribution in [0.25, 0.3) is 5.69 Å². The molecule has 186 valence electrons. The summed E-state index contributed by atoms with van der Waals surface area (Å²) < 4.78 is 21.0. The number of fused-ring (bicyclic) bond motifs is 1. The summed E-state index contributed by atoms with van der Waals surface area (Å²) in [5, 5.41) is 13.8. The molecule has 10 heteroatoms. The van der Waals surface area contributed by atoms with Crippen LogP contribution in [-0.2, 0) is 11.2 Å². The maximum Gasteiger partial charge on any atom is 0.356 e. The zero-order valence-corrected chi connectivity index (χ0v) is 19.7. The first kappa shape index (κ1) is 23.5. The number of rotatable bonds is 6. The second-order valence-corrected chi connectivity index (χ2v) is 8.67. The van der Waals surface area contributed by atoms with Gasteiger partial charge in [-0.1, -0.05) is 0 Å². The fraction of sp³-hybridized carbons (Fsp3) is 0.308. The summed E-state index contributed by atoms with van der Waals surface area (Å²) in [4.78, 5) is 41.0. The summed E-state index contributed by atoms with van der Waals surface area (Å²) in [6.07, 6.45) is 2.64. The van der Waals surface area contributed by atoms with E-state index >= 15 is 0 Å². The number of anilines is 2. The Morgan fingerprint density at radius 2 is 1.69 bits per heavy atom. The first-order valence-electron chi connectivity index (χ1n) is 11.9. The number of carbonyl (C=O) groups is 3. The Bertz CT molecular complexity index is 1350. The zero-order valence-electron chi connectivity index (χ0n) is 19.7. The van der Waals surface area contributed by atoms with Crippen molar-refractivity contribution < 1.29 is 28.6 Å². The lowest BCUT2D eigenvalue weighted by atomic mass is 10.0. The number of ether oxygens (including phenoxy) is 1. The molecule has 2 amide bonds. The van der Waals surface area contributed by atoms with Crippen molar-refractivity contribution in [3.05, 3.63) is 65.2 Å². The van der Waals surface area contributed by atoms with Crippen molar-refractivity contribution in [1.82, 2.24) is 9.78 Å². The number of hydrogen-bond acceptors (Lipinski definition) is 5. The molecule has 0 bridgehead atoms. The zero-order chi connectivity index (χ0) is 25.4. The third kappa shape index (κ3) is 4.08. The fourth-order valence-corrected chi connectivity index (χ4v) is 4.75. The Labute approximate surface area is 206 Å². The molecule has 0 atom stereocenters. The monoisotopic (exact) mass is 492 g/mol. The summed E-state index contributed by atoms with van der Waals surface area (Å²) in [6.45, 7) is 2.95. The average Bonchev–Trinajstić information content (AvgIpc) is 3.27. The van der Waals surface area contributed by atoms with Crippen molar-refractivity contribution in [3.8, 4) is 11.4 Å². The third-order valence-electron chi connectivity index (χ3n) is 6.48. The average molecular weight is 493 g/mol. The Morgan fingerprint density at radius 1 is 1.00 bits per heavy atom. The van der Waals surface area contributed by atoms with Crippen LogP contribution in [0.1, 0.15) is 52.7 Å². The Kier molecular flexibility index (Phi) is 6.17. The molecule has 0 radical (unpaired) electrons. The Hall–Kier alpha value is -4.21. The van der Waals surface area contributed by atoms with Crippen LogP contribution in [0.5, 0.6) is 5.75 Å². The predicted octanol–water partition coefficient (Wildman–Crippen LogP) is 3.83. The largest absolute Gasteiger partial charge is 0.491 e. The van der Waals surface area contributed by atoms with Gasteiger partial charge in [0.15, 0.2) is 17.3 Å². The van der Waals surface area contributed by atoms with Gasteiger partial charge >= 0.3 is 5.97 Å². The highest BCUT2D eigenvalue weighted by Crippen LogP contribution is 2.31. The number of amides is 2. The molecule has 2 aliphatic heterocycles. The number of carboxylic acid groups (broad SMARTS) is 1. The van der Waals surface area contributed by atoms with Gasteiger partial charge in [0.2, 0.25) is 5.91 Å². The van der Waals surface area contributed by atoms with Gasteiger partial charge in [0.1, 0.15) is 5.69 Å².